The highest BCUT2D eigenvalue weighted by Gasteiger charge is 2.16. The van der Waals surface area contributed by atoms with Gasteiger partial charge < -0.3 is 15.5 Å². The zero-order valence-corrected chi connectivity index (χ0v) is 16.0. The van der Waals surface area contributed by atoms with Crippen LogP contribution in [-0.2, 0) is 6.54 Å². The number of carbonyl (C=O) groups excluding carboxylic acids is 2. The molecule has 7 nitrogen and oxygen atoms in total. The summed E-state index contributed by atoms with van der Waals surface area (Å²) in [4.78, 5) is 33.7. The number of carbonyl (C=O) groups is 2. The van der Waals surface area contributed by atoms with Crippen molar-refractivity contribution < 1.29 is 9.59 Å². The molecule has 0 unspecified atom stereocenters. The summed E-state index contributed by atoms with van der Waals surface area (Å²) in [5.41, 5.74) is 2.53. The highest BCUT2D eigenvalue weighted by atomic mass is 35.5. The van der Waals surface area contributed by atoms with Crippen LogP contribution in [0.3, 0.4) is 0 Å². The van der Waals surface area contributed by atoms with Gasteiger partial charge in [0.2, 0.25) is 0 Å². The Balaban J connectivity index is 1.46. The van der Waals surface area contributed by atoms with Crippen LogP contribution in [0.15, 0.2) is 46.4 Å². The highest BCUT2D eigenvalue weighted by molar-refractivity contribution is 6.30. The van der Waals surface area contributed by atoms with Crippen molar-refractivity contribution in [2.75, 3.05) is 23.3 Å². The first-order valence-electron chi connectivity index (χ1n) is 9.29. The topological polar surface area (TPSA) is 86.2 Å². The first-order valence-corrected chi connectivity index (χ1v) is 9.66. The number of nitrogens with zero attached hydrogens (tertiary/aromatic N) is 3. The molecule has 144 valence electrons. The lowest BCUT2D eigenvalue weighted by Crippen LogP contribution is -2.34. The van der Waals surface area contributed by atoms with Gasteiger partial charge in [-0.05, 0) is 49.1 Å². The third-order valence-corrected chi connectivity index (χ3v) is 5.11. The predicted octanol–water partition coefficient (Wildman–Crippen LogP) is 3.02. The molecule has 2 heterocycles. The molecule has 2 aromatic carbocycles. The van der Waals surface area contributed by atoms with Gasteiger partial charge in [0.25, 0.3) is 0 Å². The van der Waals surface area contributed by atoms with Crippen molar-refractivity contribution >= 4 is 35.0 Å². The van der Waals surface area contributed by atoms with E-state index in [9.17, 15) is 9.59 Å². The van der Waals surface area contributed by atoms with Gasteiger partial charge in [-0.2, -0.15) is 9.98 Å². The van der Waals surface area contributed by atoms with Crippen molar-refractivity contribution in [2.24, 2.45) is 9.98 Å². The van der Waals surface area contributed by atoms with Crippen molar-refractivity contribution in [1.29, 1.82) is 0 Å². The number of anilines is 2. The van der Waals surface area contributed by atoms with Gasteiger partial charge in [0, 0.05) is 30.3 Å². The van der Waals surface area contributed by atoms with Crippen LogP contribution in [0.1, 0.15) is 24.8 Å². The molecule has 2 aliphatic heterocycles. The molecule has 0 spiro atoms. The van der Waals surface area contributed by atoms with Crippen molar-refractivity contribution in [1.82, 2.24) is 5.32 Å². The molecular weight excluding hydrogens is 378 g/mol. The average molecular weight is 398 g/mol. The third-order valence-electron chi connectivity index (χ3n) is 4.87. The maximum atomic E-state index is 12.4. The van der Waals surface area contributed by atoms with E-state index in [0.717, 1.165) is 37.2 Å². The second kappa shape index (κ2) is 7.98. The number of piperidine rings is 1. The fourth-order valence-electron chi connectivity index (χ4n) is 3.52. The Morgan fingerprint density at radius 3 is 2.75 bits per heavy atom. The number of fused-ring (bicyclic) bond motifs is 1. The second-order valence-electron chi connectivity index (χ2n) is 6.81. The molecule has 2 N–H and O–H groups in total. The van der Waals surface area contributed by atoms with Crippen LogP contribution in [0.4, 0.5) is 21.0 Å². The van der Waals surface area contributed by atoms with Gasteiger partial charge in [-0.1, -0.05) is 23.7 Å². The Kier molecular flexibility index (Phi) is 5.25. The maximum Gasteiger partial charge on any atom is 0.368 e. The highest BCUT2D eigenvalue weighted by Crippen LogP contribution is 2.27. The van der Waals surface area contributed by atoms with Crippen molar-refractivity contribution in [3.05, 3.63) is 57.7 Å². The Morgan fingerprint density at radius 2 is 1.93 bits per heavy atom. The first kappa shape index (κ1) is 18.4. The summed E-state index contributed by atoms with van der Waals surface area (Å²) in [6.45, 7) is 2.35. The van der Waals surface area contributed by atoms with Crippen LogP contribution in [0.25, 0.3) is 0 Å². The molecule has 0 radical (unpaired) electrons. The maximum absolute atomic E-state index is 12.4. The van der Waals surface area contributed by atoms with Crippen LogP contribution >= 0.6 is 11.6 Å². The van der Waals surface area contributed by atoms with E-state index in [-0.39, 0.29) is 6.03 Å². The molecule has 2 aliphatic rings. The van der Waals surface area contributed by atoms with Crippen LogP contribution in [0.5, 0.6) is 0 Å². The Bertz CT molecular complexity index is 1050. The summed E-state index contributed by atoms with van der Waals surface area (Å²) < 4.78 is 0. The molecule has 0 bridgehead atoms. The summed E-state index contributed by atoms with van der Waals surface area (Å²) in [7, 11) is 0. The number of amides is 4. The standard InChI is InChI=1S/C20H20ClN5O2/c21-14-8-7-13(17(11-14)26-9-2-1-3-10-26)12-22-19(27)23-15-5-4-6-16-18(15)25-20(28)24-16/h4-8,11H,1-3,9-10,12H2,(H2,22,23,27). The van der Waals surface area contributed by atoms with Crippen molar-refractivity contribution in [3.63, 3.8) is 0 Å². The fourth-order valence-corrected chi connectivity index (χ4v) is 3.69. The lowest BCUT2D eigenvalue weighted by molar-refractivity contribution is 0.251. The lowest BCUT2D eigenvalue weighted by Gasteiger charge is -2.31. The van der Waals surface area contributed by atoms with Crippen LogP contribution in [0, 0.1) is 0 Å². The third kappa shape index (κ3) is 3.99. The van der Waals surface area contributed by atoms with Gasteiger partial charge in [0.1, 0.15) is 5.36 Å². The van der Waals surface area contributed by atoms with Gasteiger partial charge in [-0.15, -0.1) is 0 Å². The Hall–Kier alpha value is -2.93. The van der Waals surface area contributed by atoms with E-state index in [1.165, 1.54) is 6.42 Å². The predicted molar refractivity (Wildman–Crippen MR) is 108 cm³/mol. The summed E-state index contributed by atoms with van der Waals surface area (Å²) >= 11 is 6.20. The van der Waals surface area contributed by atoms with E-state index in [4.69, 9.17) is 11.6 Å². The number of para-hydroxylation sites is 1. The minimum Gasteiger partial charge on any atom is -0.371 e. The number of nitrogens with one attached hydrogen (secondary N) is 2. The summed E-state index contributed by atoms with van der Waals surface area (Å²) in [5.74, 6) is 0. The molecule has 0 aliphatic carbocycles. The molecule has 4 rings (SSSR count). The SMILES string of the molecule is O=C1N=c2cccc(NC(=O)NCc3ccc(Cl)cc3N3CCCCC3)c2=N1. The molecule has 0 aromatic heterocycles. The molecule has 8 heteroatoms. The molecule has 0 saturated carbocycles. The van der Waals surface area contributed by atoms with E-state index in [1.54, 1.807) is 18.2 Å². The Labute approximate surface area is 167 Å². The van der Waals surface area contributed by atoms with Gasteiger partial charge in [0.05, 0.1) is 11.0 Å². The Morgan fingerprint density at radius 1 is 1.11 bits per heavy atom. The molecule has 0 atom stereocenters. The summed E-state index contributed by atoms with van der Waals surface area (Å²) in [5, 5.41) is 7.16. The second-order valence-corrected chi connectivity index (χ2v) is 7.24. The number of halogens is 1. The van der Waals surface area contributed by atoms with E-state index in [2.05, 4.69) is 25.5 Å². The minimum atomic E-state index is -0.558. The van der Waals surface area contributed by atoms with E-state index in [0.29, 0.717) is 28.0 Å². The molecule has 4 amide bonds. The van der Waals surface area contributed by atoms with E-state index >= 15 is 0 Å². The summed E-state index contributed by atoms with van der Waals surface area (Å²) in [6.07, 6.45) is 3.56. The molecule has 1 fully saturated rings. The van der Waals surface area contributed by atoms with Gasteiger partial charge in [-0.25, -0.2) is 9.59 Å². The quantitative estimate of drug-likeness (QED) is 0.831. The number of urea groups is 2. The van der Waals surface area contributed by atoms with Crippen molar-refractivity contribution in [3.8, 4) is 0 Å². The van der Waals surface area contributed by atoms with E-state index < -0.39 is 6.03 Å². The molecule has 2 aromatic rings. The van der Waals surface area contributed by atoms with Crippen LogP contribution in [0.2, 0.25) is 5.02 Å². The van der Waals surface area contributed by atoms with Crippen LogP contribution < -0.4 is 26.2 Å². The normalized spacial score (nSPS) is 15.5. The number of hydrogen-bond acceptors (Lipinski definition) is 3. The molecule has 1 saturated heterocycles. The van der Waals surface area contributed by atoms with Crippen molar-refractivity contribution in [2.45, 2.75) is 25.8 Å². The molecular formula is C20H20ClN5O2. The van der Waals surface area contributed by atoms with Crippen LogP contribution in [-0.4, -0.2) is 25.2 Å². The van der Waals surface area contributed by atoms with Gasteiger partial charge >= 0.3 is 12.1 Å². The zero-order valence-electron chi connectivity index (χ0n) is 15.2. The smallest absolute Gasteiger partial charge is 0.368 e. The van der Waals surface area contributed by atoms with E-state index in [1.807, 2.05) is 18.2 Å². The summed E-state index contributed by atoms with van der Waals surface area (Å²) in [6, 6.07) is 9.90. The molecule has 28 heavy (non-hydrogen) atoms. The first-order chi connectivity index (χ1) is 13.6. The number of benzene rings is 2. The average Bonchev–Trinajstić information content (AvgIpc) is 3.09. The largest absolute Gasteiger partial charge is 0.371 e. The lowest BCUT2D eigenvalue weighted by atomic mass is 10.1. The van der Waals surface area contributed by atoms with Gasteiger partial charge in [-0.3, -0.25) is 0 Å². The monoisotopic (exact) mass is 397 g/mol. The minimum absolute atomic E-state index is 0.365. The number of hydrogen-bond donors (Lipinski definition) is 2. The zero-order chi connectivity index (χ0) is 19.5. The fraction of sp³-hybridized carbons (Fsp3) is 0.300. The number of rotatable bonds is 4. The van der Waals surface area contributed by atoms with Gasteiger partial charge in [0.15, 0.2) is 0 Å².